The smallest absolute Gasteiger partial charge is 0.306 e. The number of hydrogen-bond acceptors (Lipinski definition) is 7. The van der Waals surface area contributed by atoms with Crippen LogP contribution in [0.5, 0.6) is 11.5 Å². The number of rotatable bonds is 8. The molecule has 0 spiro atoms. The van der Waals surface area contributed by atoms with Gasteiger partial charge in [-0.3, -0.25) is 9.79 Å². The van der Waals surface area contributed by atoms with Gasteiger partial charge in [-0.25, -0.2) is 4.98 Å². The van der Waals surface area contributed by atoms with Crippen LogP contribution in [0.2, 0.25) is 5.02 Å². The minimum absolute atomic E-state index is 0.249. The number of methoxy groups -OCH3 is 1. The van der Waals surface area contributed by atoms with E-state index in [2.05, 4.69) is 19.4 Å². The van der Waals surface area contributed by atoms with E-state index in [9.17, 15) is 4.79 Å². The van der Waals surface area contributed by atoms with E-state index in [1.54, 1.807) is 12.4 Å². The van der Waals surface area contributed by atoms with Gasteiger partial charge in [-0.1, -0.05) is 29.6 Å². The molecule has 3 rings (SSSR count). The highest BCUT2D eigenvalue weighted by atomic mass is 35.5. The highest BCUT2D eigenvalue weighted by molar-refractivity contribution is 8.00. The number of benzene rings is 2. The molecule has 9 heteroatoms. The first-order chi connectivity index (χ1) is 14.5. The van der Waals surface area contributed by atoms with Gasteiger partial charge >= 0.3 is 5.97 Å². The lowest BCUT2D eigenvalue weighted by Crippen LogP contribution is -2.19. The Balaban J connectivity index is 1.81. The maximum absolute atomic E-state index is 11.2. The lowest BCUT2D eigenvalue weighted by molar-refractivity contribution is -0.140. The van der Waals surface area contributed by atoms with Crippen LogP contribution in [-0.2, 0) is 16.6 Å². The molecule has 1 heterocycles. The summed E-state index contributed by atoms with van der Waals surface area (Å²) in [5, 5.41) is 1.36. The number of halogens is 1. The number of carbonyl (C=O) groups is 1. The van der Waals surface area contributed by atoms with Gasteiger partial charge in [-0.15, -0.1) is 0 Å². The zero-order valence-corrected chi connectivity index (χ0v) is 18.6. The third-order valence-electron chi connectivity index (χ3n) is 4.23. The second-order valence-electron chi connectivity index (χ2n) is 6.33. The van der Waals surface area contributed by atoms with Gasteiger partial charge in [0, 0.05) is 24.7 Å². The number of esters is 1. The van der Waals surface area contributed by atoms with Crippen LogP contribution < -0.4 is 14.9 Å². The second kappa shape index (κ2) is 10.4. The first-order valence-corrected chi connectivity index (χ1v) is 10.8. The molecule has 0 radical (unpaired) electrons. The average molecular weight is 447 g/mol. The SMILES string of the molecule is CCN=c1c2cc(Oc3cccc(NSCCC(=O)OC)c3Cl)ccc2ncn1C. The number of aryl methyl sites for hydroxylation is 1. The monoisotopic (exact) mass is 446 g/mol. The molecular weight excluding hydrogens is 424 g/mol. The van der Waals surface area contributed by atoms with Gasteiger partial charge < -0.3 is 18.8 Å². The molecule has 0 aliphatic carbocycles. The number of nitrogens with zero attached hydrogens (tertiary/aromatic N) is 3. The normalized spacial score (nSPS) is 11.5. The number of nitrogens with one attached hydrogen (secondary N) is 1. The fraction of sp³-hybridized carbons (Fsp3) is 0.286. The maximum Gasteiger partial charge on any atom is 0.306 e. The molecule has 3 aromatic rings. The average Bonchev–Trinajstić information content (AvgIpc) is 2.75. The Hall–Kier alpha value is -2.71. The fourth-order valence-corrected chi connectivity index (χ4v) is 3.74. The Morgan fingerprint density at radius 2 is 2.17 bits per heavy atom. The topological polar surface area (TPSA) is 77.7 Å². The van der Waals surface area contributed by atoms with Gasteiger partial charge in [0.2, 0.25) is 0 Å². The van der Waals surface area contributed by atoms with Crippen LogP contribution in [0.25, 0.3) is 10.9 Å². The molecule has 30 heavy (non-hydrogen) atoms. The van der Waals surface area contributed by atoms with Gasteiger partial charge in [-0.05, 0) is 37.3 Å². The van der Waals surface area contributed by atoms with Crippen molar-refractivity contribution in [1.29, 1.82) is 0 Å². The third-order valence-corrected chi connectivity index (χ3v) is 5.39. The van der Waals surface area contributed by atoms with Crippen molar-refractivity contribution in [2.45, 2.75) is 13.3 Å². The maximum atomic E-state index is 11.2. The van der Waals surface area contributed by atoms with Gasteiger partial charge in [0.1, 0.15) is 22.0 Å². The van der Waals surface area contributed by atoms with E-state index in [0.29, 0.717) is 40.9 Å². The predicted molar refractivity (Wildman–Crippen MR) is 121 cm³/mol. The summed E-state index contributed by atoms with van der Waals surface area (Å²) in [6.07, 6.45) is 2.07. The summed E-state index contributed by atoms with van der Waals surface area (Å²) in [6, 6.07) is 11.2. The molecule has 0 unspecified atom stereocenters. The second-order valence-corrected chi connectivity index (χ2v) is 7.61. The van der Waals surface area contributed by atoms with E-state index in [1.807, 2.05) is 48.9 Å². The standard InChI is InChI=1S/C21H23ClN4O3S/c1-4-23-21-15-12-14(8-9-16(15)24-13-26(21)2)29-18-7-5-6-17(20(18)22)25-30-11-10-19(27)28-3/h5-9,12-13,25H,4,10-11H2,1-3H3. The highest BCUT2D eigenvalue weighted by Crippen LogP contribution is 2.36. The van der Waals surface area contributed by atoms with Crippen LogP contribution in [0.3, 0.4) is 0 Å². The molecule has 0 atom stereocenters. The Labute approximate surface area is 184 Å². The molecule has 0 aliphatic heterocycles. The summed E-state index contributed by atoms with van der Waals surface area (Å²) in [5.74, 6) is 1.48. The number of carbonyl (C=O) groups excluding carboxylic acids is 1. The van der Waals surface area contributed by atoms with E-state index in [4.69, 9.17) is 16.3 Å². The summed E-state index contributed by atoms with van der Waals surface area (Å²) in [6.45, 7) is 2.67. The van der Waals surface area contributed by atoms with Crippen molar-refractivity contribution in [2.75, 3.05) is 24.1 Å². The molecule has 1 N–H and O–H groups in total. The predicted octanol–water partition coefficient (Wildman–Crippen LogP) is 4.56. The van der Waals surface area contributed by atoms with Crippen molar-refractivity contribution in [3.05, 3.63) is 53.2 Å². The zero-order valence-electron chi connectivity index (χ0n) is 17.0. The lowest BCUT2D eigenvalue weighted by atomic mass is 10.2. The van der Waals surface area contributed by atoms with E-state index in [1.165, 1.54) is 19.1 Å². The molecule has 0 fully saturated rings. The molecule has 0 saturated heterocycles. The highest BCUT2D eigenvalue weighted by Gasteiger charge is 2.10. The van der Waals surface area contributed by atoms with E-state index < -0.39 is 0 Å². The molecular formula is C21H23ClN4O3S. The Bertz CT molecular complexity index is 1120. The first-order valence-electron chi connectivity index (χ1n) is 9.40. The summed E-state index contributed by atoms with van der Waals surface area (Å²) >= 11 is 7.90. The van der Waals surface area contributed by atoms with Crippen LogP contribution in [0, 0.1) is 0 Å². The van der Waals surface area contributed by atoms with Gasteiger partial charge in [0.15, 0.2) is 0 Å². The zero-order chi connectivity index (χ0) is 21.5. The van der Waals surface area contributed by atoms with Crippen LogP contribution in [0.1, 0.15) is 13.3 Å². The summed E-state index contributed by atoms with van der Waals surface area (Å²) < 4.78 is 15.7. The molecule has 0 aliphatic rings. The van der Waals surface area contributed by atoms with Crippen molar-refractivity contribution < 1.29 is 14.3 Å². The number of anilines is 1. The quantitative estimate of drug-likeness (QED) is 0.310. The first kappa shape index (κ1) is 22.0. The number of hydrogen-bond donors (Lipinski definition) is 1. The summed E-state index contributed by atoms with van der Waals surface area (Å²) in [7, 11) is 3.29. The Morgan fingerprint density at radius 1 is 1.33 bits per heavy atom. The largest absolute Gasteiger partial charge is 0.469 e. The van der Waals surface area contributed by atoms with Crippen LogP contribution in [-0.4, -0.2) is 34.9 Å². The molecule has 1 aromatic heterocycles. The number of fused-ring (bicyclic) bond motifs is 1. The van der Waals surface area contributed by atoms with E-state index in [-0.39, 0.29) is 5.97 Å². The van der Waals surface area contributed by atoms with Crippen molar-refractivity contribution in [1.82, 2.24) is 9.55 Å². The minimum atomic E-state index is -0.249. The molecule has 0 amide bonds. The number of aromatic nitrogens is 2. The molecule has 2 aromatic carbocycles. The van der Waals surface area contributed by atoms with E-state index >= 15 is 0 Å². The third kappa shape index (κ3) is 5.25. The summed E-state index contributed by atoms with van der Waals surface area (Å²) in [4.78, 5) is 20.2. The fourth-order valence-electron chi connectivity index (χ4n) is 2.77. The van der Waals surface area contributed by atoms with Crippen molar-refractivity contribution in [3.63, 3.8) is 0 Å². The minimum Gasteiger partial charge on any atom is -0.469 e. The van der Waals surface area contributed by atoms with Crippen molar-refractivity contribution in [3.8, 4) is 11.5 Å². The van der Waals surface area contributed by atoms with Crippen molar-refractivity contribution in [2.24, 2.45) is 12.0 Å². The van der Waals surface area contributed by atoms with Crippen molar-refractivity contribution >= 4 is 46.1 Å². The Kier molecular flexibility index (Phi) is 7.59. The van der Waals surface area contributed by atoms with Gasteiger partial charge in [-0.2, -0.15) is 0 Å². The summed E-state index contributed by atoms with van der Waals surface area (Å²) in [5.41, 5.74) is 2.40. The molecule has 0 saturated carbocycles. The van der Waals surface area contributed by atoms with Crippen LogP contribution >= 0.6 is 23.5 Å². The van der Waals surface area contributed by atoms with Crippen LogP contribution in [0.4, 0.5) is 5.69 Å². The van der Waals surface area contributed by atoms with E-state index in [0.717, 1.165) is 16.4 Å². The molecule has 158 valence electrons. The van der Waals surface area contributed by atoms with Gasteiger partial charge in [0.25, 0.3) is 0 Å². The van der Waals surface area contributed by atoms with Gasteiger partial charge in [0.05, 0.1) is 31.1 Å². The molecule has 7 nitrogen and oxygen atoms in total. The van der Waals surface area contributed by atoms with Crippen LogP contribution in [0.15, 0.2) is 47.7 Å². The number of ether oxygens (including phenoxy) is 2. The Morgan fingerprint density at radius 3 is 2.93 bits per heavy atom. The lowest BCUT2D eigenvalue weighted by Gasteiger charge is -2.13. The molecule has 0 bridgehead atoms.